The Morgan fingerprint density at radius 1 is 1.12 bits per heavy atom. The molecule has 2 aliphatic heterocycles. The molecule has 3 fully saturated rings. The van der Waals surface area contributed by atoms with E-state index in [1.807, 2.05) is 0 Å². The van der Waals surface area contributed by atoms with Crippen LogP contribution in [0.2, 0.25) is 0 Å². The number of ether oxygens (including phenoxy) is 1. The van der Waals surface area contributed by atoms with Gasteiger partial charge >= 0.3 is 5.97 Å². The number of carbonyl (C=O) groups is 2. The van der Waals surface area contributed by atoms with Crippen LogP contribution in [0.25, 0.3) is 0 Å². The van der Waals surface area contributed by atoms with Gasteiger partial charge < -0.3 is 14.7 Å². The van der Waals surface area contributed by atoms with Gasteiger partial charge in [0.15, 0.2) is 0 Å². The molecule has 2 bridgehead atoms. The number of hydrogen-bond acceptors (Lipinski definition) is 3. The van der Waals surface area contributed by atoms with Crippen LogP contribution in [0.1, 0.15) is 19.3 Å². The van der Waals surface area contributed by atoms with Crippen molar-refractivity contribution in [3.63, 3.8) is 0 Å². The van der Waals surface area contributed by atoms with Gasteiger partial charge in [0.05, 0.1) is 24.0 Å². The number of amides is 1. The monoisotopic (exact) mass is 225 g/mol. The standard InChI is InChI=1S/C11H15NO4/c13-10(8-3-9(8)11(14)15)12-4-6-1-2-7(5-12)16-6/h6-9H,1-5H2,(H,14,15)/t6?,7?,8-,9+/m1/s1. The van der Waals surface area contributed by atoms with E-state index in [-0.39, 0.29) is 24.0 Å². The zero-order valence-corrected chi connectivity index (χ0v) is 8.96. The second-order valence-electron chi connectivity index (χ2n) is 4.99. The van der Waals surface area contributed by atoms with Gasteiger partial charge in [-0.3, -0.25) is 9.59 Å². The summed E-state index contributed by atoms with van der Waals surface area (Å²) in [6, 6.07) is 0. The van der Waals surface area contributed by atoms with Crippen LogP contribution in [0.15, 0.2) is 0 Å². The van der Waals surface area contributed by atoms with E-state index in [9.17, 15) is 9.59 Å². The van der Waals surface area contributed by atoms with Crippen molar-refractivity contribution in [2.75, 3.05) is 13.1 Å². The second kappa shape index (κ2) is 3.45. The molecular weight excluding hydrogens is 210 g/mol. The van der Waals surface area contributed by atoms with Crippen LogP contribution in [0.5, 0.6) is 0 Å². The van der Waals surface area contributed by atoms with E-state index in [2.05, 4.69) is 0 Å². The number of aliphatic carboxylic acids is 1. The number of morpholine rings is 1. The van der Waals surface area contributed by atoms with Crippen molar-refractivity contribution >= 4 is 11.9 Å². The van der Waals surface area contributed by atoms with Crippen LogP contribution in [0, 0.1) is 11.8 Å². The summed E-state index contributed by atoms with van der Waals surface area (Å²) < 4.78 is 5.64. The van der Waals surface area contributed by atoms with Crippen LogP contribution in [0.4, 0.5) is 0 Å². The van der Waals surface area contributed by atoms with Gasteiger partial charge in [0.25, 0.3) is 0 Å². The van der Waals surface area contributed by atoms with E-state index in [0.717, 1.165) is 12.8 Å². The first-order valence-electron chi connectivity index (χ1n) is 5.82. The minimum atomic E-state index is -0.838. The van der Waals surface area contributed by atoms with E-state index in [1.165, 1.54) is 0 Å². The van der Waals surface area contributed by atoms with Crippen molar-refractivity contribution in [3.05, 3.63) is 0 Å². The van der Waals surface area contributed by atoms with Crippen molar-refractivity contribution in [2.24, 2.45) is 11.8 Å². The average molecular weight is 225 g/mol. The largest absolute Gasteiger partial charge is 0.481 e. The molecular formula is C11H15NO4. The normalized spacial score (nSPS) is 40.9. The molecule has 4 atom stereocenters. The van der Waals surface area contributed by atoms with Gasteiger partial charge in [-0.1, -0.05) is 0 Å². The minimum Gasteiger partial charge on any atom is -0.481 e. The Hall–Kier alpha value is -1.10. The Bertz CT molecular complexity index is 331. The van der Waals surface area contributed by atoms with Crippen LogP contribution in [-0.2, 0) is 14.3 Å². The molecule has 0 radical (unpaired) electrons. The van der Waals surface area contributed by atoms with Gasteiger partial charge in [0.2, 0.25) is 5.91 Å². The average Bonchev–Trinajstić information content (AvgIpc) is 2.99. The summed E-state index contributed by atoms with van der Waals surface area (Å²) >= 11 is 0. The molecule has 5 heteroatoms. The Morgan fingerprint density at radius 3 is 2.25 bits per heavy atom. The molecule has 0 aromatic rings. The molecule has 16 heavy (non-hydrogen) atoms. The van der Waals surface area contributed by atoms with Crippen LogP contribution < -0.4 is 0 Å². The summed E-state index contributed by atoms with van der Waals surface area (Å²) in [5.74, 6) is -1.52. The van der Waals surface area contributed by atoms with Crippen LogP contribution >= 0.6 is 0 Å². The zero-order valence-electron chi connectivity index (χ0n) is 8.96. The number of nitrogens with zero attached hydrogens (tertiary/aromatic N) is 1. The number of rotatable bonds is 2. The highest BCUT2D eigenvalue weighted by Crippen LogP contribution is 2.41. The maximum Gasteiger partial charge on any atom is 0.307 e. The molecule has 1 aliphatic carbocycles. The molecule has 3 rings (SSSR count). The van der Waals surface area contributed by atoms with Crippen molar-refractivity contribution in [1.29, 1.82) is 0 Å². The lowest BCUT2D eigenvalue weighted by Crippen LogP contribution is -2.46. The molecule has 1 N–H and O–H groups in total. The molecule has 0 aromatic heterocycles. The van der Waals surface area contributed by atoms with Gasteiger partial charge in [-0.15, -0.1) is 0 Å². The number of hydrogen-bond donors (Lipinski definition) is 1. The lowest BCUT2D eigenvalue weighted by atomic mass is 10.2. The van der Waals surface area contributed by atoms with E-state index < -0.39 is 11.9 Å². The fourth-order valence-electron chi connectivity index (χ4n) is 2.77. The van der Waals surface area contributed by atoms with Crippen molar-refractivity contribution in [2.45, 2.75) is 31.5 Å². The van der Waals surface area contributed by atoms with Gasteiger partial charge in [0.1, 0.15) is 0 Å². The molecule has 2 saturated heterocycles. The molecule has 1 saturated carbocycles. The lowest BCUT2D eigenvalue weighted by molar-refractivity contribution is -0.145. The summed E-state index contributed by atoms with van der Waals surface area (Å²) in [4.78, 5) is 24.5. The second-order valence-corrected chi connectivity index (χ2v) is 4.99. The van der Waals surface area contributed by atoms with E-state index in [1.54, 1.807) is 4.90 Å². The summed E-state index contributed by atoms with van der Waals surface area (Å²) in [5, 5.41) is 8.79. The highest BCUT2D eigenvalue weighted by Gasteiger charge is 2.51. The molecule has 0 aromatic carbocycles. The molecule has 1 amide bonds. The first-order valence-corrected chi connectivity index (χ1v) is 5.82. The molecule has 2 heterocycles. The summed E-state index contributed by atoms with van der Waals surface area (Å²) in [6.07, 6.45) is 2.94. The third-order valence-corrected chi connectivity index (χ3v) is 3.78. The summed E-state index contributed by atoms with van der Waals surface area (Å²) in [7, 11) is 0. The Balaban J connectivity index is 1.62. The van der Waals surface area contributed by atoms with E-state index in [0.29, 0.717) is 19.5 Å². The highest BCUT2D eigenvalue weighted by molar-refractivity contribution is 5.89. The molecule has 2 unspecified atom stereocenters. The molecule has 88 valence electrons. The van der Waals surface area contributed by atoms with Gasteiger partial charge in [-0.25, -0.2) is 0 Å². The smallest absolute Gasteiger partial charge is 0.307 e. The topological polar surface area (TPSA) is 66.8 Å². The Morgan fingerprint density at radius 2 is 1.75 bits per heavy atom. The van der Waals surface area contributed by atoms with Crippen molar-refractivity contribution in [1.82, 2.24) is 4.90 Å². The minimum absolute atomic E-state index is 0.0209. The Labute approximate surface area is 93.4 Å². The SMILES string of the molecule is O=C(O)[C@H]1C[C@H]1C(=O)N1CC2CCC(C1)O2. The lowest BCUT2D eigenvalue weighted by Gasteiger charge is -2.32. The molecule has 5 nitrogen and oxygen atoms in total. The quantitative estimate of drug-likeness (QED) is 0.723. The highest BCUT2D eigenvalue weighted by atomic mass is 16.5. The van der Waals surface area contributed by atoms with Crippen LogP contribution in [0.3, 0.4) is 0 Å². The first kappa shape index (κ1) is 10.1. The fourth-order valence-corrected chi connectivity index (χ4v) is 2.77. The maximum atomic E-state index is 12.0. The van der Waals surface area contributed by atoms with Gasteiger partial charge in [-0.05, 0) is 19.3 Å². The Kier molecular flexibility index (Phi) is 2.17. The molecule has 0 spiro atoms. The number of fused-ring (bicyclic) bond motifs is 2. The predicted molar refractivity (Wildman–Crippen MR) is 53.7 cm³/mol. The van der Waals surface area contributed by atoms with E-state index in [4.69, 9.17) is 9.84 Å². The molecule has 3 aliphatic rings. The van der Waals surface area contributed by atoms with E-state index >= 15 is 0 Å². The van der Waals surface area contributed by atoms with Crippen molar-refractivity contribution in [3.8, 4) is 0 Å². The third kappa shape index (κ3) is 1.59. The fraction of sp³-hybridized carbons (Fsp3) is 0.818. The number of likely N-dealkylation sites (tertiary alicyclic amines) is 1. The summed E-state index contributed by atoms with van der Waals surface area (Å²) in [5.41, 5.74) is 0. The predicted octanol–water partition coefficient (Wildman–Crippen LogP) is 0.0969. The third-order valence-electron chi connectivity index (χ3n) is 3.78. The zero-order chi connectivity index (χ0) is 11.3. The number of carbonyl (C=O) groups excluding carboxylic acids is 1. The summed E-state index contributed by atoms with van der Waals surface area (Å²) in [6.45, 7) is 1.30. The first-order chi connectivity index (χ1) is 7.65. The van der Waals surface area contributed by atoms with Crippen LogP contribution in [-0.4, -0.2) is 47.2 Å². The van der Waals surface area contributed by atoms with Gasteiger partial charge in [0, 0.05) is 13.1 Å². The van der Waals surface area contributed by atoms with Crippen molar-refractivity contribution < 1.29 is 19.4 Å². The number of carboxylic acids is 1. The maximum absolute atomic E-state index is 12.0. The number of carboxylic acid groups (broad SMARTS) is 1. The van der Waals surface area contributed by atoms with Gasteiger partial charge in [-0.2, -0.15) is 0 Å².